The zero-order chi connectivity index (χ0) is 16.7. The number of allylic oxidation sites excluding steroid dienone is 1. The maximum absolute atomic E-state index is 9.99. The number of aliphatic hydroxyl groups excluding tert-OH is 1. The highest BCUT2D eigenvalue weighted by atomic mass is 16.3. The Kier molecular flexibility index (Phi) is 6.54. The number of aromatic nitrogens is 1. The van der Waals surface area contributed by atoms with Gasteiger partial charge in [0.1, 0.15) is 0 Å². The summed E-state index contributed by atoms with van der Waals surface area (Å²) in [4.78, 5) is 4.83. The van der Waals surface area contributed by atoms with Crippen LogP contribution in [0.25, 0.3) is 17.2 Å². The first-order valence-corrected chi connectivity index (χ1v) is 8.64. The average molecular weight is 309 g/mol. The molecule has 122 valence electrons. The summed E-state index contributed by atoms with van der Waals surface area (Å²) in [5, 5.41) is 9.99. The summed E-state index contributed by atoms with van der Waals surface area (Å²) in [5.74, 6) is 0. The zero-order valence-corrected chi connectivity index (χ0v) is 14.5. The highest BCUT2D eigenvalue weighted by molar-refractivity contribution is 5.79. The van der Waals surface area contributed by atoms with E-state index in [4.69, 9.17) is 4.98 Å². The summed E-state index contributed by atoms with van der Waals surface area (Å²) >= 11 is 0. The Bertz CT molecular complexity index is 659. The van der Waals surface area contributed by atoms with Crippen LogP contribution in [0.4, 0.5) is 0 Å². The fourth-order valence-electron chi connectivity index (χ4n) is 2.96. The molecule has 0 aliphatic heterocycles. The summed E-state index contributed by atoms with van der Waals surface area (Å²) in [7, 11) is 0. The Morgan fingerprint density at radius 3 is 2.26 bits per heavy atom. The van der Waals surface area contributed by atoms with Crippen molar-refractivity contribution in [2.24, 2.45) is 0 Å². The van der Waals surface area contributed by atoms with Crippen LogP contribution in [0, 0.1) is 0 Å². The standard InChI is InChI=1S/C21H27NO/c1-4-7-9-14-17-19(5-2)22-20(6-3)18(15-23)21(17)16-12-10-8-11-13-16/h8-14,23H,4-7,15H2,1-3H3/b14-9+. The van der Waals surface area contributed by atoms with Crippen LogP contribution < -0.4 is 0 Å². The monoisotopic (exact) mass is 309 g/mol. The van der Waals surface area contributed by atoms with E-state index in [0.29, 0.717) is 0 Å². The van der Waals surface area contributed by atoms with Crippen LogP contribution in [0.3, 0.4) is 0 Å². The molecule has 0 fully saturated rings. The fraction of sp³-hybridized carbons (Fsp3) is 0.381. The van der Waals surface area contributed by atoms with Crippen molar-refractivity contribution in [2.75, 3.05) is 0 Å². The minimum atomic E-state index is 0.0268. The van der Waals surface area contributed by atoms with E-state index in [-0.39, 0.29) is 6.61 Å². The van der Waals surface area contributed by atoms with Crippen molar-refractivity contribution in [3.05, 3.63) is 58.9 Å². The molecular weight excluding hydrogens is 282 g/mol. The number of hydrogen-bond acceptors (Lipinski definition) is 2. The highest BCUT2D eigenvalue weighted by Gasteiger charge is 2.17. The summed E-state index contributed by atoms with van der Waals surface area (Å²) in [6.07, 6.45) is 8.32. The number of rotatable bonds is 7. The Morgan fingerprint density at radius 2 is 1.70 bits per heavy atom. The first-order chi connectivity index (χ1) is 11.3. The summed E-state index contributed by atoms with van der Waals surface area (Å²) in [6.45, 7) is 6.45. The molecule has 0 saturated heterocycles. The van der Waals surface area contributed by atoms with Crippen molar-refractivity contribution < 1.29 is 5.11 Å². The quantitative estimate of drug-likeness (QED) is 0.764. The van der Waals surface area contributed by atoms with Crippen molar-refractivity contribution in [3.63, 3.8) is 0 Å². The molecule has 0 amide bonds. The molecule has 0 atom stereocenters. The van der Waals surface area contributed by atoms with Gasteiger partial charge in [0, 0.05) is 22.5 Å². The van der Waals surface area contributed by atoms with Crippen LogP contribution >= 0.6 is 0 Å². The Balaban J connectivity index is 2.75. The van der Waals surface area contributed by atoms with E-state index in [0.717, 1.165) is 59.3 Å². The maximum atomic E-state index is 9.99. The number of unbranched alkanes of at least 4 members (excludes halogenated alkanes) is 1. The van der Waals surface area contributed by atoms with Gasteiger partial charge < -0.3 is 5.11 Å². The van der Waals surface area contributed by atoms with Crippen LogP contribution in [0.5, 0.6) is 0 Å². The second-order valence-corrected chi connectivity index (χ2v) is 5.69. The van der Waals surface area contributed by atoms with E-state index in [2.05, 4.69) is 45.1 Å². The minimum Gasteiger partial charge on any atom is -0.392 e. The van der Waals surface area contributed by atoms with Gasteiger partial charge in [-0.15, -0.1) is 0 Å². The molecule has 23 heavy (non-hydrogen) atoms. The van der Waals surface area contributed by atoms with Crippen LogP contribution in [-0.4, -0.2) is 10.1 Å². The normalized spacial score (nSPS) is 11.3. The molecule has 0 spiro atoms. The van der Waals surface area contributed by atoms with Gasteiger partial charge in [0.15, 0.2) is 0 Å². The van der Waals surface area contributed by atoms with Crippen molar-refractivity contribution in [3.8, 4) is 11.1 Å². The van der Waals surface area contributed by atoms with Gasteiger partial charge in [-0.3, -0.25) is 4.98 Å². The third-order valence-corrected chi connectivity index (χ3v) is 4.13. The molecule has 0 bridgehead atoms. The van der Waals surface area contributed by atoms with Crippen LogP contribution in [0.2, 0.25) is 0 Å². The van der Waals surface area contributed by atoms with Gasteiger partial charge in [-0.1, -0.05) is 69.7 Å². The average Bonchev–Trinajstić information content (AvgIpc) is 2.61. The molecule has 2 rings (SSSR count). The smallest absolute Gasteiger partial charge is 0.0705 e. The molecule has 2 heteroatoms. The fourth-order valence-corrected chi connectivity index (χ4v) is 2.96. The molecule has 0 unspecified atom stereocenters. The minimum absolute atomic E-state index is 0.0268. The van der Waals surface area contributed by atoms with E-state index in [1.165, 1.54) is 0 Å². The Morgan fingerprint density at radius 1 is 1.00 bits per heavy atom. The van der Waals surface area contributed by atoms with E-state index in [9.17, 15) is 5.11 Å². The van der Waals surface area contributed by atoms with Gasteiger partial charge in [-0.05, 0) is 30.4 Å². The SMILES string of the molecule is CCC/C=C/c1c(CC)nc(CC)c(CO)c1-c1ccccc1. The van der Waals surface area contributed by atoms with Crippen molar-refractivity contribution >= 4 is 6.08 Å². The summed E-state index contributed by atoms with van der Waals surface area (Å²) in [5.41, 5.74) is 6.55. The first-order valence-electron chi connectivity index (χ1n) is 8.64. The molecule has 2 nitrogen and oxygen atoms in total. The summed E-state index contributed by atoms with van der Waals surface area (Å²) < 4.78 is 0. The van der Waals surface area contributed by atoms with Gasteiger partial charge in [0.2, 0.25) is 0 Å². The molecule has 0 saturated carbocycles. The molecule has 1 N–H and O–H groups in total. The number of benzene rings is 1. The lowest BCUT2D eigenvalue weighted by Gasteiger charge is -2.18. The Hall–Kier alpha value is -1.93. The predicted octanol–water partition coefficient (Wildman–Crippen LogP) is 5.18. The highest BCUT2D eigenvalue weighted by Crippen LogP contribution is 2.33. The first kappa shape index (κ1) is 17.4. The van der Waals surface area contributed by atoms with Gasteiger partial charge in [0.25, 0.3) is 0 Å². The third-order valence-electron chi connectivity index (χ3n) is 4.13. The van der Waals surface area contributed by atoms with Crippen molar-refractivity contribution in [1.29, 1.82) is 0 Å². The number of nitrogens with zero attached hydrogens (tertiary/aromatic N) is 1. The molecule has 2 aromatic rings. The van der Waals surface area contributed by atoms with Gasteiger partial charge in [-0.2, -0.15) is 0 Å². The van der Waals surface area contributed by atoms with Gasteiger partial charge in [0.05, 0.1) is 6.61 Å². The molecule has 1 aromatic carbocycles. The predicted molar refractivity (Wildman–Crippen MR) is 98.3 cm³/mol. The van der Waals surface area contributed by atoms with Gasteiger partial charge >= 0.3 is 0 Å². The maximum Gasteiger partial charge on any atom is 0.0705 e. The second-order valence-electron chi connectivity index (χ2n) is 5.69. The van der Waals surface area contributed by atoms with Crippen LogP contribution in [-0.2, 0) is 19.4 Å². The van der Waals surface area contributed by atoms with E-state index in [1.54, 1.807) is 0 Å². The molecule has 0 radical (unpaired) electrons. The lowest BCUT2D eigenvalue weighted by Crippen LogP contribution is -2.07. The molecule has 1 heterocycles. The molecular formula is C21H27NO. The number of pyridine rings is 1. The zero-order valence-electron chi connectivity index (χ0n) is 14.5. The number of aliphatic hydroxyl groups is 1. The Labute approximate surface area is 139 Å². The van der Waals surface area contributed by atoms with E-state index in [1.807, 2.05) is 18.2 Å². The van der Waals surface area contributed by atoms with Gasteiger partial charge in [-0.25, -0.2) is 0 Å². The summed E-state index contributed by atoms with van der Waals surface area (Å²) in [6, 6.07) is 10.4. The van der Waals surface area contributed by atoms with Crippen LogP contribution in [0.15, 0.2) is 36.4 Å². The third kappa shape index (κ3) is 3.89. The molecule has 0 aliphatic rings. The van der Waals surface area contributed by atoms with E-state index >= 15 is 0 Å². The van der Waals surface area contributed by atoms with E-state index < -0.39 is 0 Å². The largest absolute Gasteiger partial charge is 0.392 e. The van der Waals surface area contributed by atoms with Crippen molar-refractivity contribution in [1.82, 2.24) is 4.98 Å². The second kappa shape index (κ2) is 8.64. The molecule has 1 aromatic heterocycles. The topological polar surface area (TPSA) is 33.1 Å². The van der Waals surface area contributed by atoms with Crippen LogP contribution in [0.1, 0.15) is 56.1 Å². The molecule has 0 aliphatic carbocycles. The number of aryl methyl sites for hydroxylation is 2. The lowest BCUT2D eigenvalue weighted by atomic mass is 9.91. The van der Waals surface area contributed by atoms with Crippen molar-refractivity contribution in [2.45, 2.75) is 53.1 Å². The number of hydrogen-bond donors (Lipinski definition) is 1. The lowest BCUT2D eigenvalue weighted by molar-refractivity contribution is 0.280.